The van der Waals surface area contributed by atoms with Gasteiger partial charge in [-0.3, -0.25) is 14.6 Å². The molecule has 0 spiro atoms. The fraction of sp³-hybridized carbons (Fsp3) is 0.545. The maximum Gasteiger partial charge on any atom is 0.190 e. The highest BCUT2D eigenvalue weighted by molar-refractivity contribution is 5.79. The predicted molar refractivity (Wildman–Crippen MR) is 119 cm³/mol. The third-order valence-electron chi connectivity index (χ3n) is 5.30. The monoisotopic (exact) mass is 397 g/mol. The Morgan fingerprint density at radius 1 is 0.931 bits per heavy atom. The Morgan fingerprint density at radius 3 is 2.28 bits per heavy atom. The number of guanidine groups is 1. The Morgan fingerprint density at radius 2 is 1.62 bits per heavy atom. The number of benzene rings is 1. The number of rotatable bonds is 10. The molecular formula is C22H35N7. The van der Waals surface area contributed by atoms with Crippen molar-refractivity contribution in [3.05, 3.63) is 54.4 Å². The molecule has 0 saturated carbocycles. The van der Waals surface area contributed by atoms with Crippen molar-refractivity contribution in [2.45, 2.75) is 25.9 Å². The zero-order chi connectivity index (χ0) is 20.2. The predicted octanol–water partition coefficient (Wildman–Crippen LogP) is 1.65. The van der Waals surface area contributed by atoms with Crippen LogP contribution in [0.4, 0.5) is 0 Å². The molecule has 0 radical (unpaired) electrons. The number of aromatic nitrogens is 2. The summed E-state index contributed by atoms with van der Waals surface area (Å²) in [6, 6.07) is 12.7. The zero-order valence-corrected chi connectivity index (χ0v) is 17.6. The van der Waals surface area contributed by atoms with E-state index in [4.69, 9.17) is 0 Å². The number of aryl methyl sites for hydroxylation is 1. The van der Waals surface area contributed by atoms with Crippen LogP contribution in [0.25, 0.3) is 0 Å². The van der Waals surface area contributed by atoms with Gasteiger partial charge in [0, 0.05) is 71.8 Å². The number of aliphatic imine (C=N–C) groups is 1. The van der Waals surface area contributed by atoms with Gasteiger partial charge in [0.05, 0.1) is 0 Å². The average Bonchev–Trinajstić information content (AvgIpc) is 3.28. The van der Waals surface area contributed by atoms with E-state index in [1.165, 1.54) is 5.56 Å². The summed E-state index contributed by atoms with van der Waals surface area (Å²) >= 11 is 0. The van der Waals surface area contributed by atoms with E-state index in [9.17, 15) is 0 Å². The summed E-state index contributed by atoms with van der Waals surface area (Å²) in [5.74, 6) is 0.887. The minimum absolute atomic E-state index is 0.887. The van der Waals surface area contributed by atoms with Crippen molar-refractivity contribution in [3.8, 4) is 0 Å². The van der Waals surface area contributed by atoms with Crippen LogP contribution in [0.1, 0.15) is 18.4 Å². The van der Waals surface area contributed by atoms with Gasteiger partial charge in [0.15, 0.2) is 5.96 Å². The number of nitrogens with one attached hydrogen (secondary N) is 2. The second-order valence-electron chi connectivity index (χ2n) is 7.51. The number of hydrogen-bond donors (Lipinski definition) is 2. The van der Waals surface area contributed by atoms with Crippen molar-refractivity contribution in [2.75, 3.05) is 52.9 Å². The summed E-state index contributed by atoms with van der Waals surface area (Å²) in [6.07, 6.45) is 5.97. The largest absolute Gasteiger partial charge is 0.356 e. The van der Waals surface area contributed by atoms with E-state index in [2.05, 4.69) is 60.9 Å². The SMILES string of the molecule is CN=C(NCCCN1CCN(Cc2ccccc2)CC1)NCCCn1cccn1. The van der Waals surface area contributed by atoms with E-state index in [0.717, 1.165) is 77.7 Å². The first-order valence-electron chi connectivity index (χ1n) is 10.7. The maximum atomic E-state index is 4.31. The Labute approximate surface area is 174 Å². The Balaban J connectivity index is 1.22. The summed E-state index contributed by atoms with van der Waals surface area (Å²) in [4.78, 5) is 9.44. The van der Waals surface area contributed by atoms with Gasteiger partial charge in [-0.15, -0.1) is 0 Å². The van der Waals surface area contributed by atoms with Crippen molar-refractivity contribution in [1.82, 2.24) is 30.2 Å². The van der Waals surface area contributed by atoms with E-state index in [0.29, 0.717) is 0 Å². The summed E-state index contributed by atoms with van der Waals surface area (Å²) in [6.45, 7) is 9.60. The second-order valence-corrected chi connectivity index (χ2v) is 7.51. The third kappa shape index (κ3) is 7.87. The lowest BCUT2D eigenvalue weighted by atomic mass is 10.2. The van der Waals surface area contributed by atoms with Crippen LogP contribution in [0.5, 0.6) is 0 Å². The van der Waals surface area contributed by atoms with Gasteiger partial charge >= 0.3 is 0 Å². The van der Waals surface area contributed by atoms with Crippen molar-refractivity contribution >= 4 is 5.96 Å². The van der Waals surface area contributed by atoms with Gasteiger partial charge in [-0.1, -0.05) is 30.3 Å². The maximum absolute atomic E-state index is 4.31. The number of hydrogen-bond acceptors (Lipinski definition) is 4. The first-order valence-corrected chi connectivity index (χ1v) is 10.7. The lowest BCUT2D eigenvalue weighted by molar-refractivity contribution is 0.126. The van der Waals surface area contributed by atoms with E-state index < -0.39 is 0 Å². The van der Waals surface area contributed by atoms with Crippen LogP contribution in [0.2, 0.25) is 0 Å². The molecule has 1 aromatic heterocycles. The minimum atomic E-state index is 0.887. The molecule has 2 heterocycles. The molecule has 7 heteroatoms. The van der Waals surface area contributed by atoms with Crippen LogP contribution < -0.4 is 10.6 Å². The Kier molecular flexibility index (Phi) is 9.00. The molecule has 1 saturated heterocycles. The van der Waals surface area contributed by atoms with Gasteiger partial charge in [0.1, 0.15) is 0 Å². The molecule has 0 amide bonds. The molecular weight excluding hydrogens is 362 g/mol. The van der Waals surface area contributed by atoms with Crippen molar-refractivity contribution < 1.29 is 0 Å². The summed E-state index contributed by atoms with van der Waals surface area (Å²) in [5, 5.41) is 11.0. The molecule has 1 aliphatic heterocycles. The number of nitrogens with zero attached hydrogens (tertiary/aromatic N) is 5. The summed E-state index contributed by atoms with van der Waals surface area (Å²) < 4.78 is 1.96. The standard InChI is InChI=1S/C22H35N7/c1-23-22(25-11-6-14-29-15-7-12-26-29)24-10-5-13-27-16-18-28(19-17-27)20-21-8-3-2-4-9-21/h2-4,7-9,12,15H,5-6,10-11,13-14,16-20H2,1H3,(H2,23,24,25). The fourth-order valence-corrected chi connectivity index (χ4v) is 3.62. The van der Waals surface area contributed by atoms with Crippen molar-refractivity contribution in [3.63, 3.8) is 0 Å². The summed E-state index contributed by atoms with van der Waals surface area (Å²) in [5.41, 5.74) is 1.41. The van der Waals surface area contributed by atoms with Crippen LogP contribution in [-0.4, -0.2) is 78.4 Å². The summed E-state index contributed by atoms with van der Waals surface area (Å²) in [7, 11) is 1.83. The topological polar surface area (TPSA) is 60.7 Å². The molecule has 7 nitrogen and oxygen atoms in total. The highest BCUT2D eigenvalue weighted by Crippen LogP contribution is 2.08. The fourth-order valence-electron chi connectivity index (χ4n) is 3.62. The molecule has 1 aliphatic rings. The van der Waals surface area contributed by atoms with E-state index in [-0.39, 0.29) is 0 Å². The normalized spacial score (nSPS) is 16.1. The molecule has 1 aromatic carbocycles. The molecule has 2 N–H and O–H groups in total. The van der Waals surface area contributed by atoms with Gasteiger partial charge in [-0.2, -0.15) is 5.10 Å². The lowest BCUT2D eigenvalue weighted by Crippen LogP contribution is -2.46. The highest BCUT2D eigenvalue weighted by atomic mass is 15.3. The van der Waals surface area contributed by atoms with E-state index >= 15 is 0 Å². The zero-order valence-electron chi connectivity index (χ0n) is 17.6. The van der Waals surface area contributed by atoms with Crippen LogP contribution in [0.15, 0.2) is 53.8 Å². The third-order valence-corrected chi connectivity index (χ3v) is 5.30. The lowest BCUT2D eigenvalue weighted by Gasteiger charge is -2.34. The molecule has 3 rings (SSSR count). The minimum Gasteiger partial charge on any atom is -0.356 e. The molecule has 0 bridgehead atoms. The quantitative estimate of drug-likeness (QED) is 0.363. The van der Waals surface area contributed by atoms with Crippen LogP contribution >= 0.6 is 0 Å². The van der Waals surface area contributed by atoms with Crippen LogP contribution in [0, 0.1) is 0 Å². The van der Waals surface area contributed by atoms with Crippen molar-refractivity contribution in [1.29, 1.82) is 0 Å². The van der Waals surface area contributed by atoms with Gasteiger partial charge < -0.3 is 15.5 Å². The first-order chi connectivity index (χ1) is 14.3. The van der Waals surface area contributed by atoms with Gasteiger partial charge in [-0.05, 0) is 31.0 Å². The average molecular weight is 398 g/mol. The molecule has 0 unspecified atom stereocenters. The molecule has 29 heavy (non-hydrogen) atoms. The molecule has 0 atom stereocenters. The Hall–Kier alpha value is -2.38. The molecule has 1 fully saturated rings. The number of piperazine rings is 1. The highest BCUT2D eigenvalue weighted by Gasteiger charge is 2.16. The Bertz CT molecular complexity index is 691. The van der Waals surface area contributed by atoms with Crippen molar-refractivity contribution in [2.24, 2.45) is 4.99 Å². The molecule has 158 valence electrons. The van der Waals surface area contributed by atoms with Gasteiger partial charge in [0.2, 0.25) is 0 Å². The van der Waals surface area contributed by atoms with Gasteiger partial charge in [-0.25, -0.2) is 0 Å². The van der Waals surface area contributed by atoms with E-state index in [1.807, 2.05) is 30.2 Å². The first kappa shape index (κ1) is 21.3. The van der Waals surface area contributed by atoms with E-state index in [1.54, 1.807) is 0 Å². The molecule has 0 aliphatic carbocycles. The smallest absolute Gasteiger partial charge is 0.190 e. The second kappa shape index (κ2) is 12.2. The van der Waals surface area contributed by atoms with Gasteiger partial charge in [0.25, 0.3) is 0 Å². The van der Waals surface area contributed by atoms with Crippen LogP contribution in [-0.2, 0) is 13.1 Å². The van der Waals surface area contributed by atoms with Crippen LogP contribution in [0.3, 0.4) is 0 Å². The molecule has 2 aromatic rings.